The minimum absolute atomic E-state index is 0.264. The van der Waals surface area contributed by atoms with Crippen molar-refractivity contribution in [1.82, 2.24) is 9.38 Å². The van der Waals surface area contributed by atoms with Crippen molar-refractivity contribution in [2.75, 3.05) is 19.5 Å². The second-order valence-electron chi connectivity index (χ2n) is 6.95. The van der Waals surface area contributed by atoms with Crippen LogP contribution in [0.25, 0.3) is 11.7 Å². The molecule has 0 spiro atoms. The monoisotopic (exact) mass is 429 g/mol. The summed E-state index contributed by atoms with van der Waals surface area (Å²) in [5, 5.41) is 2.84. The number of methoxy groups -OCH3 is 2. The van der Waals surface area contributed by atoms with Crippen LogP contribution in [0.15, 0.2) is 79.1 Å². The topological polar surface area (TPSA) is 74.1 Å². The number of nitrogens with one attached hydrogen (secondary N) is 1. The van der Waals surface area contributed by atoms with Crippen LogP contribution in [-0.2, 0) is 11.4 Å². The summed E-state index contributed by atoms with van der Waals surface area (Å²) >= 11 is 0. The van der Waals surface area contributed by atoms with Crippen molar-refractivity contribution < 1.29 is 19.0 Å². The summed E-state index contributed by atoms with van der Waals surface area (Å²) in [7, 11) is 3.16. The molecular weight excluding hydrogens is 406 g/mol. The van der Waals surface area contributed by atoms with Gasteiger partial charge in [0.05, 0.1) is 19.9 Å². The van der Waals surface area contributed by atoms with E-state index in [-0.39, 0.29) is 5.91 Å². The molecule has 1 N–H and O–H groups in total. The molecule has 0 radical (unpaired) electrons. The first-order chi connectivity index (χ1) is 15.6. The van der Waals surface area contributed by atoms with Crippen molar-refractivity contribution in [3.63, 3.8) is 0 Å². The highest BCUT2D eigenvalue weighted by atomic mass is 16.5. The summed E-state index contributed by atoms with van der Waals surface area (Å²) in [5.74, 6) is 1.68. The van der Waals surface area contributed by atoms with Crippen LogP contribution in [0.2, 0.25) is 0 Å². The van der Waals surface area contributed by atoms with Crippen LogP contribution < -0.4 is 19.5 Å². The zero-order valence-corrected chi connectivity index (χ0v) is 17.8. The Balaban J connectivity index is 1.38. The Morgan fingerprint density at radius 2 is 1.94 bits per heavy atom. The maximum Gasteiger partial charge on any atom is 0.248 e. The summed E-state index contributed by atoms with van der Waals surface area (Å²) in [6.45, 7) is 0.330. The summed E-state index contributed by atoms with van der Waals surface area (Å²) in [5.41, 5.74) is 3.09. The molecule has 4 aromatic rings. The van der Waals surface area contributed by atoms with E-state index < -0.39 is 0 Å². The third-order valence-corrected chi connectivity index (χ3v) is 4.76. The van der Waals surface area contributed by atoms with Crippen LogP contribution in [-0.4, -0.2) is 29.5 Å². The summed E-state index contributed by atoms with van der Waals surface area (Å²) in [6.07, 6.45) is 7.02. The van der Waals surface area contributed by atoms with Crippen LogP contribution in [0.5, 0.6) is 17.2 Å². The van der Waals surface area contributed by atoms with Gasteiger partial charge < -0.3 is 23.9 Å². The Kier molecular flexibility index (Phi) is 6.36. The second kappa shape index (κ2) is 9.70. The van der Waals surface area contributed by atoms with Crippen molar-refractivity contribution >= 4 is 23.3 Å². The quantitative estimate of drug-likeness (QED) is 0.415. The molecule has 2 heterocycles. The maximum atomic E-state index is 12.4. The number of hydrogen-bond acceptors (Lipinski definition) is 5. The van der Waals surface area contributed by atoms with Crippen LogP contribution in [0.4, 0.5) is 5.69 Å². The number of carbonyl (C=O) groups is 1. The highest BCUT2D eigenvalue weighted by Gasteiger charge is 2.06. The van der Waals surface area contributed by atoms with Gasteiger partial charge in [0.15, 0.2) is 0 Å². The number of ether oxygens (including phenoxy) is 3. The van der Waals surface area contributed by atoms with Crippen molar-refractivity contribution in [1.29, 1.82) is 0 Å². The fourth-order valence-electron chi connectivity index (χ4n) is 3.18. The normalized spacial score (nSPS) is 10.9. The number of benzene rings is 2. The molecule has 0 saturated carbocycles. The molecule has 0 aliphatic heterocycles. The van der Waals surface area contributed by atoms with Gasteiger partial charge in [-0.15, -0.1) is 0 Å². The zero-order chi connectivity index (χ0) is 22.3. The van der Waals surface area contributed by atoms with Gasteiger partial charge in [-0.3, -0.25) is 4.79 Å². The third kappa shape index (κ3) is 5.07. The van der Waals surface area contributed by atoms with Crippen LogP contribution in [0.1, 0.15) is 11.3 Å². The molecule has 0 unspecified atom stereocenters. The number of fused-ring (bicyclic) bond motifs is 1. The van der Waals surface area contributed by atoms with E-state index in [4.69, 9.17) is 14.2 Å². The molecule has 0 fully saturated rings. The standard InChI is InChI=1S/C25H23N3O4/c1-30-21-11-9-18(23(15-21)31-2)10-12-25(29)27-19-6-5-7-22(14-19)32-17-20-16-28-13-4-3-8-24(28)26-20/h3-16H,17H2,1-2H3,(H,27,29)/b12-10+. The molecule has 0 aliphatic rings. The van der Waals surface area contributed by atoms with E-state index in [1.807, 2.05) is 59.3 Å². The van der Waals surface area contributed by atoms with Crippen LogP contribution in [0, 0.1) is 0 Å². The predicted molar refractivity (Wildman–Crippen MR) is 123 cm³/mol. The van der Waals surface area contributed by atoms with Gasteiger partial charge in [-0.1, -0.05) is 12.1 Å². The number of rotatable bonds is 8. The molecule has 7 heteroatoms. The maximum absolute atomic E-state index is 12.4. The van der Waals surface area contributed by atoms with Gasteiger partial charge in [0, 0.05) is 41.9 Å². The first-order valence-corrected chi connectivity index (χ1v) is 10.0. The Bertz CT molecular complexity index is 1230. The third-order valence-electron chi connectivity index (χ3n) is 4.76. The van der Waals surface area contributed by atoms with E-state index in [1.54, 1.807) is 38.5 Å². The lowest BCUT2D eigenvalue weighted by Crippen LogP contribution is -2.08. The van der Waals surface area contributed by atoms with E-state index in [1.165, 1.54) is 6.08 Å². The lowest BCUT2D eigenvalue weighted by molar-refractivity contribution is -0.111. The average molecular weight is 429 g/mol. The Morgan fingerprint density at radius 1 is 1.03 bits per heavy atom. The van der Waals surface area contributed by atoms with E-state index in [9.17, 15) is 4.79 Å². The van der Waals surface area contributed by atoms with E-state index >= 15 is 0 Å². The molecule has 0 saturated heterocycles. The van der Waals surface area contributed by atoms with Gasteiger partial charge in [-0.05, 0) is 42.5 Å². The lowest BCUT2D eigenvalue weighted by Gasteiger charge is -2.08. The molecular formula is C25H23N3O4. The van der Waals surface area contributed by atoms with E-state index in [0.29, 0.717) is 29.5 Å². The molecule has 7 nitrogen and oxygen atoms in total. The van der Waals surface area contributed by atoms with Gasteiger partial charge in [0.1, 0.15) is 29.5 Å². The molecule has 2 aromatic carbocycles. The van der Waals surface area contributed by atoms with Gasteiger partial charge in [-0.2, -0.15) is 0 Å². The first kappa shape index (κ1) is 21.0. The predicted octanol–water partition coefficient (Wildman–Crippen LogP) is 4.58. The number of nitrogens with zero attached hydrogens (tertiary/aromatic N) is 2. The highest BCUT2D eigenvalue weighted by Crippen LogP contribution is 2.25. The fourth-order valence-corrected chi connectivity index (χ4v) is 3.18. The zero-order valence-electron chi connectivity index (χ0n) is 17.8. The smallest absolute Gasteiger partial charge is 0.248 e. The summed E-state index contributed by atoms with van der Waals surface area (Å²) < 4.78 is 18.3. The van der Waals surface area contributed by atoms with Gasteiger partial charge >= 0.3 is 0 Å². The number of anilines is 1. The molecule has 0 bridgehead atoms. The first-order valence-electron chi connectivity index (χ1n) is 10.0. The number of carbonyl (C=O) groups excluding carboxylic acids is 1. The number of imidazole rings is 1. The molecule has 32 heavy (non-hydrogen) atoms. The molecule has 0 atom stereocenters. The van der Waals surface area contributed by atoms with Gasteiger partial charge in [0.25, 0.3) is 0 Å². The van der Waals surface area contributed by atoms with Crippen molar-refractivity contribution in [2.45, 2.75) is 6.61 Å². The lowest BCUT2D eigenvalue weighted by atomic mass is 10.1. The summed E-state index contributed by atoms with van der Waals surface area (Å²) in [4.78, 5) is 16.9. The van der Waals surface area contributed by atoms with Crippen molar-refractivity contribution in [2.24, 2.45) is 0 Å². The largest absolute Gasteiger partial charge is 0.497 e. The fraction of sp³-hybridized carbons (Fsp3) is 0.120. The van der Waals surface area contributed by atoms with E-state index in [2.05, 4.69) is 10.3 Å². The van der Waals surface area contributed by atoms with Gasteiger partial charge in [-0.25, -0.2) is 4.98 Å². The minimum atomic E-state index is -0.264. The van der Waals surface area contributed by atoms with Crippen LogP contribution in [0.3, 0.4) is 0 Å². The number of amides is 1. The molecule has 0 aliphatic carbocycles. The molecule has 4 rings (SSSR count). The average Bonchev–Trinajstić information content (AvgIpc) is 3.24. The molecule has 162 valence electrons. The summed E-state index contributed by atoms with van der Waals surface area (Å²) in [6, 6.07) is 18.5. The number of aromatic nitrogens is 2. The Morgan fingerprint density at radius 3 is 2.75 bits per heavy atom. The van der Waals surface area contributed by atoms with Gasteiger partial charge in [0.2, 0.25) is 5.91 Å². The Labute approximate surface area is 185 Å². The second-order valence-corrected chi connectivity index (χ2v) is 6.95. The molecule has 1 amide bonds. The molecule has 2 aromatic heterocycles. The minimum Gasteiger partial charge on any atom is -0.497 e. The van der Waals surface area contributed by atoms with Crippen molar-refractivity contribution in [3.8, 4) is 17.2 Å². The number of hydrogen-bond donors (Lipinski definition) is 1. The number of pyridine rings is 1. The van der Waals surface area contributed by atoms with E-state index in [0.717, 1.165) is 16.9 Å². The van der Waals surface area contributed by atoms with Crippen molar-refractivity contribution in [3.05, 3.63) is 90.4 Å². The highest BCUT2D eigenvalue weighted by molar-refractivity contribution is 6.02. The van der Waals surface area contributed by atoms with Crippen LogP contribution >= 0.6 is 0 Å². The SMILES string of the molecule is COc1ccc(/C=C/C(=O)Nc2cccc(OCc3cn4ccccc4n3)c2)c(OC)c1. The Hall–Kier alpha value is -4.26.